The number of rotatable bonds is 8. The highest BCUT2D eigenvalue weighted by molar-refractivity contribution is 4.76. The Morgan fingerprint density at radius 1 is 1.12 bits per heavy atom. The SMILES string of the molecule is COCCCC(CNCC(C)C)C(C)(C)C. The van der Waals surface area contributed by atoms with Crippen LogP contribution in [0.4, 0.5) is 0 Å². The lowest BCUT2D eigenvalue weighted by atomic mass is 9.78. The van der Waals surface area contributed by atoms with Gasteiger partial charge in [0.25, 0.3) is 0 Å². The summed E-state index contributed by atoms with van der Waals surface area (Å²) in [6.07, 6.45) is 2.42. The van der Waals surface area contributed by atoms with E-state index < -0.39 is 0 Å². The van der Waals surface area contributed by atoms with E-state index in [1.54, 1.807) is 7.11 Å². The number of methoxy groups -OCH3 is 1. The Morgan fingerprint density at radius 3 is 2.19 bits per heavy atom. The highest BCUT2D eigenvalue weighted by Crippen LogP contribution is 2.29. The van der Waals surface area contributed by atoms with Crippen LogP contribution < -0.4 is 5.32 Å². The fourth-order valence-electron chi connectivity index (χ4n) is 1.86. The van der Waals surface area contributed by atoms with Crippen molar-refractivity contribution in [2.45, 2.75) is 47.5 Å². The molecule has 0 aliphatic rings. The van der Waals surface area contributed by atoms with Crippen LogP contribution in [0.2, 0.25) is 0 Å². The van der Waals surface area contributed by atoms with Crippen molar-refractivity contribution in [2.75, 3.05) is 26.8 Å². The first-order chi connectivity index (χ1) is 7.38. The summed E-state index contributed by atoms with van der Waals surface area (Å²) < 4.78 is 5.13. The van der Waals surface area contributed by atoms with Crippen LogP contribution in [0.3, 0.4) is 0 Å². The van der Waals surface area contributed by atoms with E-state index in [0.717, 1.165) is 31.5 Å². The predicted octanol–water partition coefficient (Wildman–Crippen LogP) is 3.32. The molecular formula is C14H31NO. The van der Waals surface area contributed by atoms with E-state index in [2.05, 4.69) is 39.9 Å². The fraction of sp³-hybridized carbons (Fsp3) is 1.00. The highest BCUT2D eigenvalue weighted by Gasteiger charge is 2.23. The second-order valence-corrected chi connectivity index (χ2v) is 6.25. The quantitative estimate of drug-likeness (QED) is 0.645. The first kappa shape index (κ1) is 15.9. The van der Waals surface area contributed by atoms with E-state index in [-0.39, 0.29) is 0 Å². The minimum atomic E-state index is 0.387. The molecule has 0 saturated carbocycles. The van der Waals surface area contributed by atoms with Crippen LogP contribution in [0.1, 0.15) is 47.5 Å². The summed E-state index contributed by atoms with van der Waals surface area (Å²) in [5.74, 6) is 1.47. The van der Waals surface area contributed by atoms with Gasteiger partial charge >= 0.3 is 0 Å². The van der Waals surface area contributed by atoms with Crippen molar-refractivity contribution >= 4 is 0 Å². The Bertz CT molecular complexity index is 161. The maximum atomic E-state index is 5.13. The lowest BCUT2D eigenvalue weighted by molar-refractivity contribution is 0.160. The van der Waals surface area contributed by atoms with Gasteiger partial charge in [-0.3, -0.25) is 0 Å². The molecule has 98 valence electrons. The van der Waals surface area contributed by atoms with Gasteiger partial charge in [0, 0.05) is 13.7 Å². The smallest absolute Gasteiger partial charge is 0.0462 e. The molecule has 0 amide bonds. The molecule has 0 bridgehead atoms. The molecule has 0 spiro atoms. The van der Waals surface area contributed by atoms with Crippen molar-refractivity contribution in [1.82, 2.24) is 5.32 Å². The first-order valence-corrected chi connectivity index (χ1v) is 6.57. The first-order valence-electron chi connectivity index (χ1n) is 6.57. The summed E-state index contributed by atoms with van der Waals surface area (Å²) in [4.78, 5) is 0. The molecule has 0 radical (unpaired) electrons. The molecule has 0 saturated heterocycles. The monoisotopic (exact) mass is 229 g/mol. The molecule has 2 heteroatoms. The van der Waals surface area contributed by atoms with Gasteiger partial charge in [-0.1, -0.05) is 34.6 Å². The minimum absolute atomic E-state index is 0.387. The Hall–Kier alpha value is -0.0800. The second-order valence-electron chi connectivity index (χ2n) is 6.25. The van der Waals surface area contributed by atoms with Crippen LogP contribution in [-0.2, 0) is 4.74 Å². The zero-order valence-electron chi connectivity index (χ0n) is 12.1. The maximum absolute atomic E-state index is 5.13. The minimum Gasteiger partial charge on any atom is -0.385 e. The third-order valence-electron chi connectivity index (χ3n) is 3.07. The van der Waals surface area contributed by atoms with Crippen molar-refractivity contribution in [1.29, 1.82) is 0 Å². The largest absolute Gasteiger partial charge is 0.385 e. The molecule has 0 aliphatic heterocycles. The van der Waals surface area contributed by atoms with E-state index in [4.69, 9.17) is 4.74 Å². The van der Waals surface area contributed by atoms with Gasteiger partial charge in [0.05, 0.1) is 0 Å². The Morgan fingerprint density at radius 2 is 1.75 bits per heavy atom. The molecule has 1 atom stereocenters. The number of nitrogens with one attached hydrogen (secondary N) is 1. The Kier molecular flexibility index (Phi) is 8.04. The molecule has 16 heavy (non-hydrogen) atoms. The van der Waals surface area contributed by atoms with Crippen molar-refractivity contribution in [3.05, 3.63) is 0 Å². The second kappa shape index (κ2) is 8.08. The van der Waals surface area contributed by atoms with Crippen molar-refractivity contribution in [2.24, 2.45) is 17.3 Å². The molecule has 0 aliphatic carbocycles. The van der Waals surface area contributed by atoms with Crippen molar-refractivity contribution < 1.29 is 4.74 Å². The normalized spacial score (nSPS) is 14.4. The number of hydrogen-bond donors (Lipinski definition) is 1. The van der Waals surface area contributed by atoms with Crippen LogP contribution >= 0.6 is 0 Å². The topological polar surface area (TPSA) is 21.3 Å². The van der Waals surface area contributed by atoms with Gasteiger partial charge in [0.15, 0.2) is 0 Å². The van der Waals surface area contributed by atoms with Gasteiger partial charge in [-0.15, -0.1) is 0 Å². The van der Waals surface area contributed by atoms with Gasteiger partial charge in [0.1, 0.15) is 0 Å². The lowest BCUT2D eigenvalue weighted by Crippen LogP contribution is -2.33. The molecular weight excluding hydrogens is 198 g/mol. The Labute approximate surface area is 102 Å². The van der Waals surface area contributed by atoms with Crippen molar-refractivity contribution in [3.63, 3.8) is 0 Å². The van der Waals surface area contributed by atoms with E-state index in [1.807, 2.05) is 0 Å². The zero-order chi connectivity index (χ0) is 12.6. The van der Waals surface area contributed by atoms with Crippen LogP contribution in [0, 0.1) is 17.3 Å². The van der Waals surface area contributed by atoms with E-state index in [9.17, 15) is 0 Å². The molecule has 0 aromatic rings. The lowest BCUT2D eigenvalue weighted by Gasteiger charge is -2.31. The highest BCUT2D eigenvalue weighted by atomic mass is 16.5. The van der Waals surface area contributed by atoms with Gasteiger partial charge in [-0.25, -0.2) is 0 Å². The van der Waals surface area contributed by atoms with Crippen LogP contribution in [0.5, 0.6) is 0 Å². The summed E-state index contributed by atoms with van der Waals surface area (Å²) in [6.45, 7) is 14.7. The zero-order valence-corrected chi connectivity index (χ0v) is 12.1. The summed E-state index contributed by atoms with van der Waals surface area (Å²) in [5.41, 5.74) is 0.387. The molecule has 1 unspecified atom stereocenters. The average molecular weight is 229 g/mol. The van der Waals surface area contributed by atoms with Crippen LogP contribution in [-0.4, -0.2) is 26.8 Å². The van der Waals surface area contributed by atoms with Crippen LogP contribution in [0.25, 0.3) is 0 Å². The third kappa shape index (κ3) is 8.12. The van der Waals surface area contributed by atoms with Gasteiger partial charge in [0.2, 0.25) is 0 Å². The van der Waals surface area contributed by atoms with E-state index >= 15 is 0 Å². The standard InChI is InChI=1S/C14H31NO/c1-12(2)10-15-11-13(14(3,4)5)8-7-9-16-6/h12-13,15H,7-11H2,1-6H3. The van der Waals surface area contributed by atoms with Gasteiger partial charge < -0.3 is 10.1 Å². The molecule has 0 heterocycles. The summed E-state index contributed by atoms with van der Waals surface area (Å²) in [7, 11) is 1.78. The average Bonchev–Trinajstić information content (AvgIpc) is 2.13. The molecule has 0 fully saturated rings. The fourth-order valence-corrected chi connectivity index (χ4v) is 1.86. The molecule has 1 N–H and O–H groups in total. The number of ether oxygens (including phenoxy) is 1. The molecule has 2 nitrogen and oxygen atoms in total. The van der Waals surface area contributed by atoms with E-state index in [1.165, 1.54) is 12.8 Å². The van der Waals surface area contributed by atoms with Gasteiger partial charge in [-0.05, 0) is 43.2 Å². The van der Waals surface area contributed by atoms with Crippen LogP contribution in [0.15, 0.2) is 0 Å². The van der Waals surface area contributed by atoms with Gasteiger partial charge in [-0.2, -0.15) is 0 Å². The predicted molar refractivity (Wildman–Crippen MR) is 71.8 cm³/mol. The maximum Gasteiger partial charge on any atom is 0.0462 e. The summed E-state index contributed by atoms with van der Waals surface area (Å²) >= 11 is 0. The molecule has 0 aromatic carbocycles. The number of hydrogen-bond acceptors (Lipinski definition) is 2. The molecule has 0 aromatic heterocycles. The molecule has 0 rings (SSSR count). The summed E-state index contributed by atoms with van der Waals surface area (Å²) in [6, 6.07) is 0. The Balaban J connectivity index is 3.92. The third-order valence-corrected chi connectivity index (χ3v) is 3.07. The van der Waals surface area contributed by atoms with E-state index in [0.29, 0.717) is 5.41 Å². The van der Waals surface area contributed by atoms with Crippen molar-refractivity contribution in [3.8, 4) is 0 Å². The summed E-state index contributed by atoms with van der Waals surface area (Å²) in [5, 5.41) is 3.58.